The van der Waals surface area contributed by atoms with Crippen molar-refractivity contribution in [2.75, 3.05) is 6.54 Å². The SMILES string of the molecule is CC(c1ccc(Cl)cc1)N1CCC(CCC(N)=O)OC1=O.c1ccccc1. The molecule has 27 heavy (non-hydrogen) atoms. The van der Waals surface area contributed by atoms with E-state index in [1.54, 1.807) is 17.0 Å². The molecule has 0 aliphatic carbocycles. The van der Waals surface area contributed by atoms with Crippen LogP contribution in [0, 0.1) is 0 Å². The predicted octanol–water partition coefficient (Wildman–Crippen LogP) is 4.56. The Bertz CT molecular complexity index is 695. The first kappa shape index (κ1) is 20.8. The van der Waals surface area contributed by atoms with Crippen LogP contribution in [0.15, 0.2) is 60.7 Å². The van der Waals surface area contributed by atoms with Crippen molar-refractivity contribution in [3.05, 3.63) is 71.2 Å². The minimum atomic E-state index is -0.372. The van der Waals surface area contributed by atoms with Crippen molar-refractivity contribution in [2.24, 2.45) is 5.73 Å². The van der Waals surface area contributed by atoms with Gasteiger partial charge in [0.25, 0.3) is 0 Å². The van der Waals surface area contributed by atoms with Gasteiger partial charge in [-0.05, 0) is 31.0 Å². The van der Waals surface area contributed by atoms with Gasteiger partial charge in [0, 0.05) is 24.4 Å². The first-order valence-electron chi connectivity index (χ1n) is 8.98. The maximum atomic E-state index is 12.1. The molecule has 1 heterocycles. The van der Waals surface area contributed by atoms with Gasteiger partial charge in [-0.15, -0.1) is 0 Å². The Balaban J connectivity index is 0.000000369. The van der Waals surface area contributed by atoms with Crippen molar-refractivity contribution >= 4 is 23.6 Å². The zero-order chi connectivity index (χ0) is 19.6. The Labute approximate surface area is 165 Å². The Morgan fingerprint density at radius 2 is 1.74 bits per heavy atom. The van der Waals surface area contributed by atoms with Gasteiger partial charge in [-0.2, -0.15) is 0 Å². The van der Waals surface area contributed by atoms with Crippen LogP contribution >= 0.6 is 11.6 Å². The summed E-state index contributed by atoms with van der Waals surface area (Å²) >= 11 is 5.87. The molecule has 2 aromatic carbocycles. The van der Waals surface area contributed by atoms with Crippen molar-refractivity contribution < 1.29 is 14.3 Å². The molecule has 6 heteroatoms. The number of carbonyl (C=O) groups is 2. The van der Waals surface area contributed by atoms with Crippen molar-refractivity contribution in [3.63, 3.8) is 0 Å². The van der Waals surface area contributed by atoms with Crippen molar-refractivity contribution in [1.29, 1.82) is 0 Å². The fraction of sp³-hybridized carbons (Fsp3) is 0.333. The van der Waals surface area contributed by atoms with Gasteiger partial charge >= 0.3 is 6.09 Å². The third kappa shape index (κ3) is 6.94. The topological polar surface area (TPSA) is 72.6 Å². The van der Waals surface area contributed by atoms with Gasteiger partial charge in [-0.3, -0.25) is 4.79 Å². The second-order valence-corrected chi connectivity index (χ2v) is 6.81. The maximum Gasteiger partial charge on any atom is 0.410 e. The molecular formula is C21H25ClN2O3. The quantitative estimate of drug-likeness (QED) is 0.815. The molecule has 5 nitrogen and oxygen atoms in total. The molecule has 0 bridgehead atoms. The summed E-state index contributed by atoms with van der Waals surface area (Å²) in [5.41, 5.74) is 6.11. The van der Waals surface area contributed by atoms with Crippen molar-refractivity contribution in [3.8, 4) is 0 Å². The molecule has 2 unspecified atom stereocenters. The lowest BCUT2D eigenvalue weighted by molar-refractivity contribution is -0.118. The van der Waals surface area contributed by atoms with Crippen LogP contribution in [0.5, 0.6) is 0 Å². The average Bonchev–Trinajstić information content (AvgIpc) is 2.68. The number of amides is 2. The van der Waals surface area contributed by atoms with E-state index < -0.39 is 0 Å². The summed E-state index contributed by atoms with van der Waals surface area (Å²) in [6.07, 6.45) is 0.864. The highest BCUT2D eigenvalue weighted by Crippen LogP contribution is 2.27. The van der Waals surface area contributed by atoms with E-state index in [-0.39, 0.29) is 30.6 Å². The molecule has 2 aromatic rings. The van der Waals surface area contributed by atoms with E-state index in [0.29, 0.717) is 24.4 Å². The number of hydrogen-bond acceptors (Lipinski definition) is 3. The molecule has 2 amide bonds. The van der Waals surface area contributed by atoms with Crippen molar-refractivity contribution in [2.45, 2.75) is 38.3 Å². The van der Waals surface area contributed by atoms with E-state index in [1.165, 1.54) is 0 Å². The number of nitrogens with zero attached hydrogens (tertiary/aromatic N) is 1. The second-order valence-electron chi connectivity index (χ2n) is 6.38. The van der Waals surface area contributed by atoms with E-state index in [2.05, 4.69) is 0 Å². The Hall–Kier alpha value is -2.53. The molecule has 3 rings (SSSR count). The summed E-state index contributed by atoms with van der Waals surface area (Å²) in [5, 5.41) is 0.665. The van der Waals surface area contributed by atoms with Gasteiger partial charge in [0.05, 0.1) is 6.04 Å². The average molecular weight is 389 g/mol. The highest BCUT2D eigenvalue weighted by Gasteiger charge is 2.30. The first-order chi connectivity index (χ1) is 13.0. The predicted molar refractivity (Wildman–Crippen MR) is 106 cm³/mol. The van der Waals surface area contributed by atoms with Gasteiger partial charge < -0.3 is 15.4 Å². The fourth-order valence-corrected chi connectivity index (χ4v) is 2.93. The number of primary amides is 1. The van der Waals surface area contributed by atoms with E-state index in [9.17, 15) is 9.59 Å². The maximum absolute atomic E-state index is 12.1. The van der Waals surface area contributed by atoms with E-state index >= 15 is 0 Å². The van der Waals surface area contributed by atoms with Crippen LogP contribution in [0.2, 0.25) is 5.02 Å². The van der Waals surface area contributed by atoms with Crippen LogP contribution in [0.4, 0.5) is 4.79 Å². The zero-order valence-corrected chi connectivity index (χ0v) is 16.1. The van der Waals surface area contributed by atoms with Crippen molar-refractivity contribution in [1.82, 2.24) is 4.90 Å². The molecule has 2 atom stereocenters. The normalized spacial score (nSPS) is 17.3. The van der Waals surface area contributed by atoms with Crippen LogP contribution in [-0.2, 0) is 9.53 Å². The highest BCUT2D eigenvalue weighted by atomic mass is 35.5. The standard InChI is InChI=1S/C15H19ClN2O3.C6H6/c1-10(11-2-4-12(16)5-3-11)18-9-8-13(21-15(18)20)6-7-14(17)19;1-2-4-6-5-3-1/h2-5,10,13H,6-9H2,1H3,(H2,17,19);1-6H. The summed E-state index contributed by atoms with van der Waals surface area (Å²) in [5.74, 6) is -0.372. The number of halogens is 1. The van der Waals surface area contributed by atoms with Gasteiger partial charge in [0.15, 0.2) is 0 Å². The molecule has 1 aliphatic heterocycles. The Kier molecular flexibility index (Phi) is 8.14. The summed E-state index contributed by atoms with van der Waals surface area (Å²) in [6.45, 7) is 2.56. The largest absolute Gasteiger partial charge is 0.446 e. The Morgan fingerprint density at radius 1 is 1.19 bits per heavy atom. The lowest BCUT2D eigenvalue weighted by Crippen LogP contribution is -2.43. The van der Waals surface area contributed by atoms with Crippen LogP contribution in [0.3, 0.4) is 0 Å². The minimum Gasteiger partial charge on any atom is -0.446 e. The number of nitrogens with two attached hydrogens (primary N) is 1. The number of carbonyl (C=O) groups excluding carboxylic acids is 2. The molecule has 1 saturated heterocycles. The number of ether oxygens (including phenoxy) is 1. The molecular weight excluding hydrogens is 364 g/mol. The number of cyclic esters (lactones) is 1. The summed E-state index contributed by atoms with van der Waals surface area (Å²) in [7, 11) is 0. The molecule has 1 aliphatic rings. The molecule has 144 valence electrons. The van der Waals surface area contributed by atoms with Crippen LogP contribution in [-0.4, -0.2) is 29.5 Å². The summed E-state index contributed by atoms with van der Waals surface area (Å²) in [4.78, 5) is 24.5. The van der Waals surface area contributed by atoms with Crippen LogP contribution in [0.1, 0.15) is 37.8 Å². The van der Waals surface area contributed by atoms with Crippen LogP contribution < -0.4 is 5.73 Å². The molecule has 0 spiro atoms. The first-order valence-corrected chi connectivity index (χ1v) is 9.36. The number of benzene rings is 2. The second kappa shape index (κ2) is 10.6. The summed E-state index contributed by atoms with van der Waals surface area (Å²) in [6, 6.07) is 19.3. The zero-order valence-electron chi connectivity index (χ0n) is 15.4. The molecule has 0 radical (unpaired) electrons. The third-order valence-electron chi connectivity index (χ3n) is 4.39. The number of rotatable bonds is 5. The lowest BCUT2D eigenvalue weighted by Gasteiger charge is -2.35. The van der Waals surface area contributed by atoms with Crippen LogP contribution in [0.25, 0.3) is 0 Å². The lowest BCUT2D eigenvalue weighted by atomic mass is 10.0. The highest BCUT2D eigenvalue weighted by molar-refractivity contribution is 6.30. The molecule has 2 N–H and O–H groups in total. The molecule has 0 aromatic heterocycles. The van der Waals surface area contributed by atoms with Gasteiger partial charge in [-0.25, -0.2) is 4.79 Å². The molecule has 1 fully saturated rings. The molecule has 0 saturated carbocycles. The fourth-order valence-electron chi connectivity index (χ4n) is 2.81. The van der Waals surface area contributed by atoms with E-state index in [1.807, 2.05) is 55.5 Å². The van der Waals surface area contributed by atoms with Gasteiger partial charge in [0.1, 0.15) is 6.10 Å². The Morgan fingerprint density at radius 3 is 2.22 bits per heavy atom. The van der Waals surface area contributed by atoms with Gasteiger partial charge in [-0.1, -0.05) is 60.1 Å². The smallest absolute Gasteiger partial charge is 0.410 e. The van der Waals surface area contributed by atoms with E-state index in [0.717, 1.165) is 5.56 Å². The number of hydrogen-bond donors (Lipinski definition) is 1. The van der Waals surface area contributed by atoms with Gasteiger partial charge in [0.2, 0.25) is 5.91 Å². The third-order valence-corrected chi connectivity index (χ3v) is 4.65. The monoisotopic (exact) mass is 388 g/mol. The summed E-state index contributed by atoms with van der Waals surface area (Å²) < 4.78 is 5.37. The van der Waals surface area contributed by atoms with E-state index in [4.69, 9.17) is 22.1 Å². The minimum absolute atomic E-state index is 0.0770.